The first-order valence-electron chi connectivity index (χ1n) is 6.00. The van der Waals surface area contributed by atoms with Crippen molar-refractivity contribution in [2.75, 3.05) is 6.26 Å². The van der Waals surface area contributed by atoms with Crippen LogP contribution in [0.5, 0.6) is 11.5 Å². The third-order valence-corrected chi connectivity index (χ3v) is 3.32. The lowest BCUT2D eigenvalue weighted by Gasteiger charge is -2.08. The van der Waals surface area contributed by atoms with E-state index >= 15 is 0 Å². The predicted octanol–water partition coefficient (Wildman–Crippen LogP) is 2.96. The van der Waals surface area contributed by atoms with Gasteiger partial charge < -0.3 is 4.74 Å². The molecule has 0 aromatic heterocycles. The molecule has 0 unspecified atom stereocenters. The van der Waals surface area contributed by atoms with E-state index in [4.69, 9.17) is 16.3 Å². The van der Waals surface area contributed by atoms with Crippen LogP contribution < -0.4 is 9.46 Å². The van der Waals surface area contributed by atoms with Gasteiger partial charge in [0.1, 0.15) is 5.75 Å². The molecule has 22 heavy (non-hydrogen) atoms. The summed E-state index contributed by atoms with van der Waals surface area (Å²) in [5, 5.41) is 0.514. The van der Waals surface area contributed by atoms with Gasteiger partial charge in [-0.15, -0.1) is 0 Å². The Hall–Kier alpha value is -2.12. The van der Waals surface area contributed by atoms with Crippen LogP contribution in [0.4, 0.5) is 4.39 Å². The zero-order chi connectivity index (χ0) is 16.3. The average Bonchev–Trinajstić information content (AvgIpc) is 2.41. The molecule has 0 bridgehead atoms. The van der Waals surface area contributed by atoms with E-state index in [1.54, 1.807) is 29.0 Å². The molecule has 0 heterocycles. The highest BCUT2D eigenvalue weighted by Crippen LogP contribution is 2.26. The number of hydrogen-bond donors (Lipinski definition) is 1. The maximum Gasteiger partial charge on any atom is 0.264 e. The smallest absolute Gasteiger partial charge is 0.264 e. The van der Waals surface area contributed by atoms with Gasteiger partial charge in [0.25, 0.3) is 5.91 Å². The summed E-state index contributed by atoms with van der Waals surface area (Å²) in [6.45, 7) is 0. The zero-order valence-electron chi connectivity index (χ0n) is 11.3. The van der Waals surface area contributed by atoms with Gasteiger partial charge in [-0.25, -0.2) is 17.5 Å². The summed E-state index contributed by atoms with van der Waals surface area (Å²) in [5.74, 6) is -1.44. The molecule has 0 fully saturated rings. The first-order chi connectivity index (χ1) is 10.2. The average molecular weight is 344 g/mol. The molecule has 0 spiro atoms. The summed E-state index contributed by atoms with van der Waals surface area (Å²) >= 11 is 5.73. The van der Waals surface area contributed by atoms with Crippen LogP contribution in [-0.2, 0) is 10.0 Å². The lowest BCUT2D eigenvalue weighted by molar-refractivity contribution is 0.0981. The number of halogens is 2. The normalized spacial score (nSPS) is 11.0. The molecule has 0 aliphatic heterocycles. The number of nitrogens with one attached hydrogen (secondary N) is 1. The molecule has 5 nitrogen and oxygen atoms in total. The van der Waals surface area contributed by atoms with Gasteiger partial charge in [-0.2, -0.15) is 0 Å². The fraction of sp³-hybridized carbons (Fsp3) is 0.0714. The highest BCUT2D eigenvalue weighted by atomic mass is 35.5. The molecule has 1 N–H and O–H groups in total. The van der Waals surface area contributed by atoms with Crippen molar-refractivity contribution in [2.45, 2.75) is 0 Å². The molecule has 0 saturated carbocycles. The van der Waals surface area contributed by atoms with Gasteiger partial charge in [-0.05, 0) is 42.5 Å². The fourth-order valence-electron chi connectivity index (χ4n) is 1.58. The molecule has 0 aliphatic carbocycles. The summed E-state index contributed by atoms with van der Waals surface area (Å²) in [5.41, 5.74) is -0.133. The van der Waals surface area contributed by atoms with Gasteiger partial charge in [-0.1, -0.05) is 11.6 Å². The first-order valence-corrected chi connectivity index (χ1v) is 8.26. The van der Waals surface area contributed by atoms with Crippen molar-refractivity contribution in [3.63, 3.8) is 0 Å². The molecule has 0 radical (unpaired) electrons. The lowest BCUT2D eigenvalue weighted by Crippen LogP contribution is -2.29. The second-order valence-electron chi connectivity index (χ2n) is 4.40. The van der Waals surface area contributed by atoms with Crippen LogP contribution in [0.15, 0.2) is 42.5 Å². The van der Waals surface area contributed by atoms with E-state index in [0.717, 1.165) is 12.3 Å². The van der Waals surface area contributed by atoms with Crippen LogP contribution in [0, 0.1) is 5.82 Å². The number of amides is 1. The van der Waals surface area contributed by atoms with Crippen LogP contribution >= 0.6 is 11.6 Å². The predicted molar refractivity (Wildman–Crippen MR) is 80.2 cm³/mol. The second kappa shape index (κ2) is 6.33. The molecule has 2 rings (SSSR count). The Balaban J connectivity index is 2.19. The van der Waals surface area contributed by atoms with Crippen molar-refractivity contribution in [2.24, 2.45) is 0 Å². The van der Waals surface area contributed by atoms with E-state index in [2.05, 4.69) is 0 Å². The van der Waals surface area contributed by atoms with E-state index < -0.39 is 21.7 Å². The Morgan fingerprint density at radius 3 is 2.36 bits per heavy atom. The minimum absolute atomic E-state index is 0.0989. The van der Waals surface area contributed by atoms with E-state index in [0.29, 0.717) is 10.8 Å². The molecule has 0 atom stereocenters. The van der Waals surface area contributed by atoms with Gasteiger partial charge in [0.2, 0.25) is 10.0 Å². The third-order valence-electron chi connectivity index (χ3n) is 2.51. The Morgan fingerprint density at radius 2 is 1.82 bits per heavy atom. The maximum absolute atomic E-state index is 13.9. The monoisotopic (exact) mass is 343 g/mol. The summed E-state index contributed by atoms with van der Waals surface area (Å²) in [6, 6.07) is 9.69. The standard InChI is InChI=1S/C14H11ClFNO4S/c1-22(19,20)17-14(18)9-2-7-13(12(16)8-9)21-11-5-3-10(15)4-6-11/h2-8H,1H3,(H,17,18). The number of ether oxygens (including phenoxy) is 1. The van der Waals surface area contributed by atoms with Gasteiger partial charge in [-0.3, -0.25) is 4.79 Å². The summed E-state index contributed by atoms with van der Waals surface area (Å²) in [7, 11) is -3.71. The van der Waals surface area contributed by atoms with Crippen LogP contribution in [0.3, 0.4) is 0 Å². The summed E-state index contributed by atoms with van der Waals surface area (Å²) in [6.07, 6.45) is 0.833. The van der Waals surface area contributed by atoms with Crippen LogP contribution in [0.2, 0.25) is 5.02 Å². The lowest BCUT2D eigenvalue weighted by atomic mass is 10.2. The van der Waals surface area contributed by atoms with Crippen molar-refractivity contribution >= 4 is 27.5 Å². The van der Waals surface area contributed by atoms with Gasteiger partial charge in [0.15, 0.2) is 11.6 Å². The van der Waals surface area contributed by atoms with Crippen molar-refractivity contribution in [3.8, 4) is 11.5 Å². The molecular formula is C14H11ClFNO4S. The van der Waals surface area contributed by atoms with Crippen LogP contribution in [0.1, 0.15) is 10.4 Å². The Morgan fingerprint density at radius 1 is 1.18 bits per heavy atom. The Bertz CT molecular complexity index is 806. The molecular weight excluding hydrogens is 333 g/mol. The maximum atomic E-state index is 13.9. The van der Waals surface area contributed by atoms with Crippen molar-refractivity contribution in [1.29, 1.82) is 0 Å². The SMILES string of the molecule is CS(=O)(=O)NC(=O)c1ccc(Oc2ccc(Cl)cc2)c(F)c1. The number of carbonyl (C=O) groups is 1. The minimum Gasteiger partial charge on any atom is -0.454 e. The molecule has 116 valence electrons. The number of rotatable bonds is 4. The van der Waals surface area contributed by atoms with Gasteiger partial charge in [0.05, 0.1) is 6.26 Å². The molecule has 8 heteroatoms. The molecule has 0 aliphatic rings. The molecule has 0 saturated heterocycles. The zero-order valence-corrected chi connectivity index (χ0v) is 12.9. The molecule has 2 aromatic rings. The fourth-order valence-corrected chi connectivity index (χ4v) is 2.16. The van der Waals surface area contributed by atoms with Gasteiger partial charge in [0, 0.05) is 10.6 Å². The van der Waals surface area contributed by atoms with E-state index in [9.17, 15) is 17.6 Å². The van der Waals surface area contributed by atoms with Crippen molar-refractivity contribution in [1.82, 2.24) is 4.72 Å². The van der Waals surface area contributed by atoms with Crippen LogP contribution in [0.25, 0.3) is 0 Å². The topological polar surface area (TPSA) is 72.5 Å². The summed E-state index contributed by atoms with van der Waals surface area (Å²) in [4.78, 5) is 11.6. The Kier molecular flexibility index (Phi) is 4.68. The van der Waals surface area contributed by atoms with Gasteiger partial charge >= 0.3 is 0 Å². The second-order valence-corrected chi connectivity index (χ2v) is 6.59. The van der Waals surface area contributed by atoms with E-state index in [1.807, 2.05) is 0 Å². The molecule has 2 aromatic carbocycles. The third kappa shape index (κ3) is 4.44. The number of hydrogen-bond acceptors (Lipinski definition) is 4. The quantitative estimate of drug-likeness (QED) is 0.926. The van der Waals surface area contributed by atoms with Crippen molar-refractivity contribution in [3.05, 3.63) is 58.9 Å². The highest BCUT2D eigenvalue weighted by Gasteiger charge is 2.14. The number of carbonyl (C=O) groups excluding carboxylic acids is 1. The Labute approximate surface area is 131 Å². The van der Waals surface area contributed by atoms with Crippen molar-refractivity contribution < 1.29 is 22.3 Å². The number of benzene rings is 2. The first kappa shape index (κ1) is 16.3. The van der Waals surface area contributed by atoms with Crippen LogP contribution in [-0.4, -0.2) is 20.6 Å². The largest absolute Gasteiger partial charge is 0.454 e. The number of sulfonamides is 1. The molecule has 1 amide bonds. The minimum atomic E-state index is -3.71. The van der Waals surface area contributed by atoms with E-state index in [-0.39, 0.29) is 11.3 Å². The highest BCUT2D eigenvalue weighted by molar-refractivity contribution is 7.89. The van der Waals surface area contributed by atoms with E-state index in [1.165, 1.54) is 12.1 Å². The summed E-state index contributed by atoms with van der Waals surface area (Å²) < 4.78 is 42.9.